The third-order valence-corrected chi connectivity index (χ3v) is 3.09. The van der Waals surface area contributed by atoms with E-state index < -0.39 is 0 Å². The van der Waals surface area contributed by atoms with Crippen LogP contribution in [0.25, 0.3) is 0 Å². The molecule has 0 aromatic heterocycles. The van der Waals surface area contributed by atoms with Crippen molar-refractivity contribution in [3.63, 3.8) is 0 Å². The first-order valence-electron chi connectivity index (χ1n) is 5.78. The number of hydrogen-bond acceptors (Lipinski definition) is 2. The van der Waals surface area contributed by atoms with Crippen LogP contribution in [0, 0.1) is 0 Å². The Hall–Kier alpha value is -1.92. The average Bonchev–Trinajstić information content (AvgIpc) is 2.40. The molecule has 0 bridgehead atoms. The number of amides is 1. The van der Waals surface area contributed by atoms with E-state index in [2.05, 4.69) is 26.6 Å². The van der Waals surface area contributed by atoms with Crippen LogP contribution in [0.5, 0.6) is 0 Å². The summed E-state index contributed by atoms with van der Waals surface area (Å²) in [6.07, 6.45) is 0. The second kappa shape index (κ2) is 6.49. The highest BCUT2D eigenvalue weighted by Gasteiger charge is 2.06. The molecule has 0 aliphatic rings. The van der Waals surface area contributed by atoms with Gasteiger partial charge in [-0.2, -0.15) is 0 Å². The first-order valence-corrected chi connectivity index (χ1v) is 6.98. The molecule has 1 amide bonds. The largest absolute Gasteiger partial charge is 0.376 e. The van der Waals surface area contributed by atoms with E-state index in [1.807, 2.05) is 12.1 Å². The average molecular weight is 350 g/mol. The molecule has 0 heterocycles. The number of halogens is 1. The Morgan fingerprint density at radius 2 is 1.65 bits per heavy atom. The molecule has 0 aliphatic carbocycles. The molecule has 0 radical (unpaired) electrons. The second-order valence-corrected chi connectivity index (χ2v) is 5.39. The predicted molar refractivity (Wildman–Crippen MR) is 88.9 cm³/mol. The molecule has 4 N–H and O–H groups in total. The van der Waals surface area contributed by atoms with Crippen LogP contribution in [0.1, 0.15) is 10.4 Å². The molecule has 0 unspecified atom stereocenters. The summed E-state index contributed by atoms with van der Waals surface area (Å²) in [4.78, 5) is 12.0. The van der Waals surface area contributed by atoms with Crippen LogP contribution in [0.4, 0.5) is 11.4 Å². The molecule has 2 rings (SSSR count). The van der Waals surface area contributed by atoms with E-state index in [9.17, 15) is 4.79 Å². The van der Waals surface area contributed by atoms with Crippen LogP contribution < -0.4 is 16.4 Å². The van der Waals surface area contributed by atoms with Gasteiger partial charge in [0, 0.05) is 21.4 Å². The Morgan fingerprint density at radius 3 is 2.20 bits per heavy atom. The van der Waals surface area contributed by atoms with E-state index in [4.69, 9.17) is 18.0 Å². The molecule has 6 heteroatoms. The number of thiocarbonyl (C=S) groups is 1. The summed E-state index contributed by atoms with van der Waals surface area (Å²) in [5.74, 6) is -0.165. The Balaban J connectivity index is 2.06. The Labute approximate surface area is 130 Å². The second-order valence-electron chi connectivity index (χ2n) is 4.03. The van der Waals surface area contributed by atoms with E-state index in [0.717, 1.165) is 10.2 Å². The first-order chi connectivity index (χ1) is 9.54. The van der Waals surface area contributed by atoms with E-state index in [1.165, 1.54) is 0 Å². The zero-order valence-corrected chi connectivity index (χ0v) is 12.8. The molecular weight excluding hydrogens is 338 g/mol. The summed E-state index contributed by atoms with van der Waals surface area (Å²) in [5, 5.41) is 5.83. The number of benzene rings is 2. The molecule has 2 aromatic carbocycles. The van der Waals surface area contributed by atoms with E-state index in [0.29, 0.717) is 11.3 Å². The molecule has 2 aromatic rings. The van der Waals surface area contributed by atoms with Crippen molar-refractivity contribution in [2.24, 2.45) is 5.73 Å². The van der Waals surface area contributed by atoms with Gasteiger partial charge >= 0.3 is 0 Å². The molecule has 0 saturated heterocycles. The summed E-state index contributed by atoms with van der Waals surface area (Å²) in [7, 11) is 0. The van der Waals surface area contributed by atoms with Gasteiger partial charge in [0.2, 0.25) is 0 Å². The summed E-state index contributed by atoms with van der Waals surface area (Å²) in [5.41, 5.74) is 7.44. The standard InChI is InChI=1S/C14H12BrN3OS/c15-10-3-1-2-9(8-10)13(19)17-11-4-6-12(7-5-11)18-14(16)20/h1-8H,(H,17,19)(H3,16,18,20). The van der Waals surface area contributed by atoms with E-state index >= 15 is 0 Å². The lowest BCUT2D eigenvalue weighted by Crippen LogP contribution is -2.18. The van der Waals surface area contributed by atoms with Crippen LogP contribution >= 0.6 is 28.1 Å². The SMILES string of the molecule is NC(=S)Nc1ccc(NC(=O)c2cccc(Br)c2)cc1. The molecule has 4 nitrogen and oxygen atoms in total. The monoisotopic (exact) mass is 349 g/mol. The number of carbonyl (C=O) groups excluding carboxylic acids is 1. The number of rotatable bonds is 3. The van der Waals surface area contributed by atoms with Crippen molar-refractivity contribution < 1.29 is 4.79 Å². The zero-order valence-electron chi connectivity index (χ0n) is 10.4. The van der Waals surface area contributed by atoms with Gasteiger partial charge in [-0.15, -0.1) is 0 Å². The van der Waals surface area contributed by atoms with Gasteiger partial charge in [0.25, 0.3) is 5.91 Å². The van der Waals surface area contributed by atoms with E-state index in [-0.39, 0.29) is 11.0 Å². The fourth-order valence-corrected chi connectivity index (χ4v) is 2.13. The molecule has 20 heavy (non-hydrogen) atoms. The quantitative estimate of drug-likeness (QED) is 0.743. The minimum atomic E-state index is -0.165. The normalized spacial score (nSPS) is 9.85. The Bertz CT molecular complexity index is 643. The van der Waals surface area contributed by atoms with Crippen molar-refractivity contribution in [3.8, 4) is 0 Å². The summed E-state index contributed by atoms with van der Waals surface area (Å²) in [6.45, 7) is 0. The number of anilines is 2. The fourth-order valence-electron chi connectivity index (χ4n) is 1.61. The molecule has 0 saturated carbocycles. The van der Waals surface area contributed by atoms with Crippen molar-refractivity contribution >= 4 is 50.5 Å². The van der Waals surface area contributed by atoms with Gasteiger partial charge in [-0.25, -0.2) is 0 Å². The third kappa shape index (κ3) is 4.04. The minimum absolute atomic E-state index is 0.165. The van der Waals surface area contributed by atoms with Crippen LogP contribution in [-0.4, -0.2) is 11.0 Å². The van der Waals surface area contributed by atoms with Gasteiger partial charge < -0.3 is 16.4 Å². The van der Waals surface area contributed by atoms with Crippen LogP contribution in [0.3, 0.4) is 0 Å². The molecule has 0 atom stereocenters. The number of hydrogen-bond donors (Lipinski definition) is 3. The molecule has 0 spiro atoms. The maximum absolute atomic E-state index is 12.0. The van der Waals surface area contributed by atoms with Crippen LogP contribution in [0.15, 0.2) is 53.0 Å². The maximum Gasteiger partial charge on any atom is 0.255 e. The summed E-state index contributed by atoms with van der Waals surface area (Å²) in [6, 6.07) is 14.3. The van der Waals surface area contributed by atoms with Crippen molar-refractivity contribution in [1.29, 1.82) is 0 Å². The van der Waals surface area contributed by atoms with Gasteiger partial charge in [0.05, 0.1) is 0 Å². The lowest BCUT2D eigenvalue weighted by atomic mass is 10.2. The number of nitrogens with two attached hydrogens (primary N) is 1. The molecule has 102 valence electrons. The highest BCUT2D eigenvalue weighted by Crippen LogP contribution is 2.16. The summed E-state index contributed by atoms with van der Waals surface area (Å²) >= 11 is 8.08. The summed E-state index contributed by atoms with van der Waals surface area (Å²) < 4.78 is 0.862. The van der Waals surface area contributed by atoms with Crippen LogP contribution in [-0.2, 0) is 0 Å². The highest BCUT2D eigenvalue weighted by molar-refractivity contribution is 9.10. The van der Waals surface area contributed by atoms with Crippen molar-refractivity contribution in [2.45, 2.75) is 0 Å². The van der Waals surface area contributed by atoms with Gasteiger partial charge in [0.15, 0.2) is 5.11 Å². The topological polar surface area (TPSA) is 67.2 Å². The number of carbonyl (C=O) groups is 1. The van der Waals surface area contributed by atoms with Crippen LogP contribution in [0.2, 0.25) is 0 Å². The zero-order chi connectivity index (χ0) is 14.5. The fraction of sp³-hybridized carbons (Fsp3) is 0. The number of nitrogens with one attached hydrogen (secondary N) is 2. The van der Waals surface area contributed by atoms with Crippen molar-refractivity contribution in [3.05, 3.63) is 58.6 Å². The molecule has 0 fully saturated rings. The lowest BCUT2D eigenvalue weighted by molar-refractivity contribution is 0.102. The molecular formula is C14H12BrN3OS. The minimum Gasteiger partial charge on any atom is -0.376 e. The van der Waals surface area contributed by atoms with E-state index in [1.54, 1.807) is 36.4 Å². The lowest BCUT2D eigenvalue weighted by Gasteiger charge is -2.07. The van der Waals surface area contributed by atoms with Crippen molar-refractivity contribution in [1.82, 2.24) is 0 Å². The van der Waals surface area contributed by atoms with Crippen molar-refractivity contribution in [2.75, 3.05) is 10.6 Å². The van der Waals surface area contributed by atoms with Gasteiger partial charge in [0.1, 0.15) is 0 Å². The van der Waals surface area contributed by atoms with Gasteiger partial charge in [-0.1, -0.05) is 22.0 Å². The highest BCUT2D eigenvalue weighted by atomic mass is 79.9. The predicted octanol–water partition coefficient (Wildman–Crippen LogP) is 3.36. The Morgan fingerprint density at radius 1 is 1.05 bits per heavy atom. The Kier molecular flexibility index (Phi) is 4.70. The first kappa shape index (κ1) is 14.5. The smallest absolute Gasteiger partial charge is 0.255 e. The maximum atomic E-state index is 12.0. The third-order valence-electron chi connectivity index (χ3n) is 2.50. The van der Waals surface area contributed by atoms with Gasteiger partial charge in [-0.3, -0.25) is 4.79 Å². The molecule has 0 aliphatic heterocycles. The van der Waals surface area contributed by atoms with Gasteiger partial charge in [-0.05, 0) is 54.7 Å².